The fraction of sp³-hybridized carbons (Fsp3) is 0.0769. The number of hydrogen-bond donors (Lipinski definition) is 0. The van der Waals surface area contributed by atoms with Crippen LogP contribution in [0.1, 0.15) is 0 Å². The van der Waals surface area contributed by atoms with Crippen LogP contribution >= 0.6 is 0 Å². The number of fused-ring (bicyclic) bond motifs is 2. The van der Waals surface area contributed by atoms with Gasteiger partial charge in [-0.15, -0.1) is 0 Å². The molecular weight excluding hydrogens is 264 g/mol. The minimum atomic E-state index is -3.59. The van der Waals surface area contributed by atoms with Gasteiger partial charge < -0.3 is 4.18 Å². The molecule has 0 N–H and O–H groups in total. The van der Waals surface area contributed by atoms with Crippen LogP contribution in [0.4, 0.5) is 0 Å². The zero-order valence-electron chi connectivity index (χ0n) is 10.1. The molecule has 0 saturated heterocycles. The summed E-state index contributed by atoms with van der Waals surface area (Å²) in [6.07, 6.45) is 1.00. The first-order valence-electron chi connectivity index (χ1n) is 5.58. The first-order valence-corrected chi connectivity index (χ1v) is 7.39. The second-order valence-electron chi connectivity index (χ2n) is 4.12. The van der Waals surface area contributed by atoms with E-state index < -0.39 is 10.1 Å². The van der Waals surface area contributed by atoms with Gasteiger partial charge in [0.15, 0.2) is 5.75 Å². The first-order chi connectivity index (χ1) is 9.03. The van der Waals surface area contributed by atoms with Crippen LogP contribution in [0.2, 0.25) is 0 Å². The van der Waals surface area contributed by atoms with E-state index in [1.54, 1.807) is 18.2 Å². The smallest absolute Gasteiger partial charge is 0.306 e. The highest BCUT2D eigenvalue weighted by Gasteiger charge is 2.11. The zero-order chi connectivity index (χ0) is 13.5. The molecule has 0 aliphatic rings. The van der Waals surface area contributed by atoms with Gasteiger partial charge in [0.25, 0.3) is 0 Å². The SMILES string of the molecule is CS(=O)(=O)Oc1cccc2nc3ccccc3nc12. The van der Waals surface area contributed by atoms with E-state index in [1.165, 1.54) is 0 Å². The third kappa shape index (κ3) is 2.34. The van der Waals surface area contributed by atoms with Gasteiger partial charge in [-0.25, -0.2) is 9.97 Å². The number of para-hydroxylation sites is 3. The molecule has 0 radical (unpaired) electrons. The van der Waals surface area contributed by atoms with Gasteiger partial charge in [0, 0.05) is 0 Å². The van der Waals surface area contributed by atoms with Crippen molar-refractivity contribution in [3.05, 3.63) is 42.5 Å². The minimum Gasteiger partial charge on any atom is -0.380 e. The maximum Gasteiger partial charge on any atom is 0.306 e. The lowest BCUT2D eigenvalue weighted by Gasteiger charge is -2.06. The lowest BCUT2D eigenvalue weighted by atomic mass is 10.2. The third-order valence-electron chi connectivity index (χ3n) is 2.57. The Labute approximate surface area is 110 Å². The van der Waals surface area contributed by atoms with Gasteiger partial charge in [0.05, 0.1) is 22.8 Å². The highest BCUT2D eigenvalue weighted by molar-refractivity contribution is 7.86. The summed E-state index contributed by atoms with van der Waals surface area (Å²) in [5.41, 5.74) is 2.48. The van der Waals surface area contributed by atoms with Crippen LogP contribution in [0.5, 0.6) is 5.75 Å². The van der Waals surface area contributed by atoms with E-state index in [9.17, 15) is 8.42 Å². The van der Waals surface area contributed by atoms with Gasteiger partial charge in [-0.1, -0.05) is 18.2 Å². The molecule has 2 aromatic carbocycles. The minimum absolute atomic E-state index is 0.193. The van der Waals surface area contributed by atoms with Crippen molar-refractivity contribution in [1.82, 2.24) is 9.97 Å². The van der Waals surface area contributed by atoms with Gasteiger partial charge >= 0.3 is 10.1 Å². The molecule has 6 heteroatoms. The van der Waals surface area contributed by atoms with Gasteiger partial charge in [0.1, 0.15) is 5.52 Å². The average molecular weight is 274 g/mol. The van der Waals surface area contributed by atoms with Crippen molar-refractivity contribution in [3.63, 3.8) is 0 Å². The molecule has 5 nitrogen and oxygen atoms in total. The Morgan fingerprint density at radius 2 is 1.53 bits per heavy atom. The van der Waals surface area contributed by atoms with E-state index in [0.29, 0.717) is 16.6 Å². The molecule has 0 bridgehead atoms. The second-order valence-corrected chi connectivity index (χ2v) is 5.70. The van der Waals surface area contributed by atoms with Crippen LogP contribution in [0.15, 0.2) is 42.5 Å². The van der Waals surface area contributed by atoms with E-state index >= 15 is 0 Å². The van der Waals surface area contributed by atoms with Gasteiger partial charge in [-0.2, -0.15) is 8.42 Å². The molecule has 0 saturated carbocycles. The van der Waals surface area contributed by atoms with Gasteiger partial charge in [-0.3, -0.25) is 0 Å². The van der Waals surface area contributed by atoms with Crippen LogP contribution in [-0.2, 0) is 10.1 Å². The molecule has 0 amide bonds. The standard InChI is InChI=1S/C13H10N2O3S/c1-19(16,17)18-12-8-4-7-11-13(12)15-10-6-3-2-5-9(10)14-11/h2-8H,1H3. The number of hydrogen-bond acceptors (Lipinski definition) is 5. The summed E-state index contributed by atoms with van der Waals surface area (Å²) in [5, 5.41) is 0. The van der Waals surface area contributed by atoms with Crippen molar-refractivity contribution in [1.29, 1.82) is 0 Å². The lowest BCUT2D eigenvalue weighted by molar-refractivity contribution is 0.495. The predicted molar refractivity (Wildman–Crippen MR) is 72.5 cm³/mol. The maximum atomic E-state index is 11.2. The summed E-state index contributed by atoms with van der Waals surface area (Å²) in [4.78, 5) is 8.84. The quantitative estimate of drug-likeness (QED) is 0.529. The van der Waals surface area contributed by atoms with E-state index in [1.807, 2.05) is 24.3 Å². The van der Waals surface area contributed by atoms with Crippen molar-refractivity contribution in [2.45, 2.75) is 0 Å². The largest absolute Gasteiger partial charge is 0.380 e. The molecule has 0 fully saturated rings. The lowest BCUT2D eigenvalue weighted by Crippen LogP contribution is -2.06. The molecule has 0 unspecified atom stereocenters. The second kappa shape index (κ2) is 4.17. The van der Waals surface area contributed by atoms with E-state index in [2.05, 4.69) is 9.97 Å². The monoisotopic (exact) mass is 274 g/mol. The Balaban J connectivity index is 2.32. The number of aromatic nitrogens is 2. The predicted octanol–water partition coefficient (Wildman–Crippen LogP) is 2.12. The van der Waals surface area contributed by atoms with Crippen LogP contribution in [0.3, 0.4) is 0 Å². The van der Waals surface area contributed by atoms with Crippen LogP contribution in [0, 0.1) is 0 Å². The van der Waals surface area contributed by atoms with Crippen LogP contribution in [0.25, 0.3) is 22.1 Å². The van der Waals surface area contributed by atoms with Crippen LogP contribution < -0.4 is 4.18 Å². The molecule has 1 heterocycles. The number of rotatable bonds is 2. The summed E-state index contributed by atoms with van der Waals surface area (Å²) >= 11 is 0. The van der Waals surface area contributed by atoms with Crippen molar-refractivity contribution < 1.29 is 12.6 Å². The Morgan fingerprint density at radius 1 is 0.895 bits per heavy atom. The maximum absolute atomic E-state index is 11.2. The normalized spacial score (nSPS) is 11.8. The topological polar surface area (TPSA) is 69.2 Å². The van der Waals surface area contributed by atoms with Gasteiger partial charge in [-0.05, 0) is 24.3 Å². The molecule has 1 aromatic heterocycles. The number of benzene rings is 2. The van der Waals surface area contributed by atoms with E-state index in [0.717, 1.165) is 11.8 Å². The fourth-order valence-corrected chi connectivity index (χ4v) is 2.31. The van der Waals surface area contributed by atoms with E-state index in [-0.39, 0.29) is 5.75 Å². The van der Waals surface area contributed by atoms with Crippen molar-refractivity contribution >= 4 is 32.2 Å². The van der Waals surface area contributed by atoms with Crippen molar-refractivity contribution in [3.8, 4) is 5.75 Å². The highest BCUT2D eigenvalue weighted by Crippen LogP contribution is 2.25. The summed E-state index contributed by atoms with van der Waals surface area (Å²) in [6.45, 7) is 0. The molecule has 0 atom stereocenters. The summed E-state index contributed by atoms with van der Waals surface area (Å²) < 4.78 is 27.4. The molecule has 3 rings (SSSR count). The Bertz CT molecular complexity index is 875. The molecular formula is C13H10N2O3S. The highest BCUT2D eigenvalue weighted by atomic mass is 32.2. The van der Waals surface area contributed by atoms with Crippen molar-refractivity contribution in [2.75, 3.05) is 6.26 Å². The van der Waals surface area contributed by atoms with Crippen LogP contribution in [-0.4, -0.2) is 24.6 Å². The Hall–Kier alpha value is -2.21. The van der Waals surface area contributed by atoms with E-state index in [4.69, 9.17) is 4.18 Å². The molecule has 3 aromatic rings. The summed E-state index contributed by atoms with van der Waals surface area (Å²) in [7, 11) is -3.59. The fourth-order valence-electron chi connectivity index (χ4n) is 1.85. The summed E-state index contributed by atoms with van der Waals surface area (Å²) in [6, 6.07) is 12.4. The molecule has 0 spiro atoms. The Kier molecular flexibility index (Phi) is 2.60. The van der Waals surface area contributed by atoms with Crippen molar-refractivity contribution in [2.24, 2.45) is 0 Å². The van der Waals surface area contributed by atoms with Gasteiger partial charge in [0.2, 0.25) is 0 Å². The average Bonchev–Trinajstić information content (AvgIpc) is 2.35. The molecule has 0 aliphatic heterocycles. The molecule has 0 aliphatic carbocycles. The molecule has 96 valence electrons. The third-order valence-corrected chi connectivity index (χ3v) is 3.06. The first kappa shape index (κ1) is 11.9. The number of nitrogens with zero attached hydrogens (tertiary/aromatic N) is 2. The summed E-state index contributed by atoms with van der Waals surface area (Å²) in [5.74, 6) is 0.193. The molecule has 19 heavy (non-hydrogen) atoms. The Morgan fingerprint density at radius 3 is 2.21 bits per heavy atom. The zero-order valence-corrected chi connectivity index (χ0v) is 10.9.